The summed E-state index contributed by atoms with van der Waals surface area (Å²) >= 11 is 5.51. The molecule has 0 heterocycles. The molecule has 0 saturated carbocycles. The fraction of sp³-hybridized carbons (Fsp3) is 0.143. The number of hydrogen-bond acceptors (Lipinski definition) is 3. The maximum atomic E-state index is 10.7. The van der Waals surface area contributed by atoms with Gasteiger partial charge in [0, 0.05) is 31.9 Å². The van der Waals surface area contributed by atoms with Crippen molar-refractivity contribution in [2.75, 3.05) is 5.32 Å². The van der Waals surface area contributed by atoms with E-state index < -0.39 is 0 Å². The Morgan fingerprint density at radius 3 is 2.45 bits per heavy atom. The van der Waals surface area contributed by atoms with Gasteiger partial charge in [-0.25, -0.2) is 0 Å². The first-order valence-electron chi connectivity index (χ1n) is 5.93. The molecule has 2 rings (SSSR count). The van der Waals surface area contributed by atoms with Crippen LogP contribution in [0.1, 0.15) is 18.5 Å². The number of nitrogens with zero attached hydrogens (tertiary/aromatic N) is 1. The maximum Gasteiger partial charge on any atom is 0.270 e. The van der Waals surface area contributed by atoms with Gasteiger partial charge in [-0.2, -0.15) is 0 Å². The third-order valence-electron chi connectivity index (χ3n) is 2.91. The minimum absolute atomic E-state index is 0.108. The zero-order valence-electron chi connectivity index (χ0n) is 10.6. The van der Waals surface area contributed by atoms with E-state index in [2.05, 4.69) is 50.8 Å². The van der Waals surface area contributed by atoms with Gasteiger partial charge in [0.1, 0.15) is 0 Å². The van der Waals surface area contributed by atoms with E-state index in [1.54, 1.807) is 12.1 Å². The molecule has 0 spiro atoms. The quantitative estimate of drug-likeness (QED) is 0.402. The van der Waals surface area contributed by atoms with Crippen LogP contribution in [0.2, 0.25) is 0 Å². The lowest BCUT2D eigenvalue weighted by atomic mass is 10.1. The van der Waals surface area contributed by atoms with Gasteiger partial charge in [0.2, 0.25) is 0 Å². The fourth-order valence-corrected chi connectivity index (χ4v) is 2.72. The Morgan fingerprint density at radius 1 is 1.25 bits per heavy atom. The van der Waals surface area contributed by atoms with E-state index in [4.69, 9.17) is 0 Å². The molecule has 1 N–H and O–H groups in total. The first-order valence-corrected chi connectivity index (χ1v) is 7.80. The fourth-order valence-electron chi connectivity index (χ4n) is 1.80. The zero-order valence-corrected chi connectivity index (χ0v) is 14.4. The Labute approximate surface area is 139 Å². The van der Waals surface area contributed by atoms with Gasteiger partial charge in [-0.3, -0.25) is 10.1 Å². The monoisotopic (exact) mass is 446 g/mol. The highest BCUT2D eigenvalue weighted by Crippen LogP contribution is 2.27. The molecule has 0 aromatic heterocycles. The summed E-state index contributed by atoms with van der Waals surface area (Å²) in [7, 11) is 0. The van der Waals surface area contributed by atoms with Crippen molar-refractivity contribution in [3.05, 3.63) is 66.2 Å². The van der Waals surface area contributed by atoms with Crippen LogP contribution in [0.5, 0.6) is 0 Å². The van der Waals surface area contributed by atoms with Gasteiger partial charge >= 0.3 is 0 Å². The smallest absolute Gasteiger partial charge is 0.270 e. The summed E-state index contributed by atoms with van der Waals surface area (Å²) in [5, 5.41) is 14.1. The average Bonchev–Trinajstić information content (AvgIpc) is 2.41. The summed E-state index contributed by atoms with van der Waals surface area (Å²) in [5.41, 5.74) is 2.16. The van der Waals surface area contributed by atoms with Gasteiger partial charge in [0.25, 0.3) is 5.69 Å². The molecule has 0 aliphatic rings. The molecule has 1 atom stereocenters. The number of rotatable bonds is 4. The molecule has 2 aromatic rings. The number of nitro groups is 1. The molecule has 20 heavy (non-hydrogen) atoms. The number of hydrogen-bond donors (Lipinski definition) is 1. The van der Waals surface area contributed by atoms with Crippen molar-refractivity contribution in [3.8, 4) is 0 Å². The summed E-state index contributed by atoms with van der Waals surface area (Å²) in [6, 6.07) is 13.0. The SMILES string of the molecule is CC(Nc1ccc([N+](=O)[O-])cc1I)c1ccc(Br)cc1. The second kappa shape index (κ2) is 6.53. The molecule has 1 unspecified atom stereocenters. The lowest BCUT2D eigenvalue weighted by Gasteiger charge is -2.17. The van der Waals surface area contributed by atoms with Crippen molar-refractivity contribution in [3.63, 3.8) is 0 Å². The van der Waals surface area contributed by atoms with Crippen LogP contribution in [-0.2, 0) is 0 Å². The Balaban J connectivity index is 2.17. The van der Waals surface area contributed by atoms with Crippen LogP contribution in [-0.4, -0.2) is 4.92 Å². The van der Waals surface area contributed by atoms with Gasteiger partial charge in [0.05, 0.1) is 4.92 Å². The summed E-state index contributed by atoms with van der Waals surface area (Å²) in [5.74, 6) is 0. The Morgan fingerprint density at radius 2 is 1.90 bits per heavy atom. The summed E-state index contributed by atoms with van der Waals surface area (Å²) in [6.45, 7) is 2.06. The molecule has 2 aromatic carbocycles. The van der Waals surface area contributed by atoms with Crippen LogP contribution < -0.4 is 5.32 Å². The Hall–Kier alpha value is -1.15. The summed E-state index contributed by atoms with van der Waals surface area (Å²) < 4.78 is 1.87. The average molecular weight is 447 g/mol. The van der Waals surface area contributed by atoms with Crippen molar-refractivity contribution < 1.29 is 4.92 Å². The summed E-state index contributed by atoms with van der Waals surface area (Å²) in [6.07, 6.45) is 0. The van der Waals surface area contributed by atoms with Crippen LogP contribution in [0.25, 0.3) is 0 Å². The van der Waals surface area contributed by atoms with E-state index in [0.29, 0.717) is 0 Å². The van der Waals surface area contributed by atoms with E-state index in [1.165, 1.54) is 6.07 Å². The third kappa shape index (κ3) is 3.69. The first kappa shape index (κ1) is 15.2. The molecule has 104 valence electrons. The molecular formula is C14H12BrIN2O2. The van der Waals surface area contributed by atoms with Gasteiger partial charge in [-0.15, -0.1) is 0 Å². The highest BCUT2D eigenvalue weighted by Gasteiger charge is 2.11. The van der Waals surface area contributed by atoms with Crippen LogP contribution in [0.15, 0.2) is 46.9 Å². The number of nitro benzene ring substituents is 1. The number of benzene rings is 2. The van der Waals surface area contributed by atoms with Gasteiger partial charge < -0.3 is 5.32 Å². The molecule has 0 radical (unpaired) electrons. The van der Waals surface area contributed by atoms with Gasteiger partial charge in [0.15, 0.2) is 0 Å². The standard InChI is InChI=1S/C14H12BrIN2O2/c1-9(10-2-4-11(15)5-3-10)17-14-7-6-12(18(19)20)8-13(14)16/h2-9,17H,1H3. The highest BCUT2D eigenvalue weighted by molar-refractivity contribution is 14.1. The minimum atomic E-state index is -0.385. The van der Waals surface area contributed by atoms with E-state index >= 15 is 0 Å². The maximum absolute atomic E-state index is 10.7. The molecule has 0 bridgehead atoms. The van der Waals surface area contributed by atoms with E-state index in [-0.39, 0.29) is 16.7 Å². The van der Waals surface area contributed by atoms with Gasteiger partial charge in [-0.05, 0) is 53.3 Å². The molecule has 0 fully saturated rings. The van der Waals surface area contributed by atoms with Crippen molar-refractivity contribution >= 4 is 49.9 Å². The predicted molar refractivity (Wildman–Crippen MR) is 92.0 cm³/mol. The summed E-state index contributed by atoms with van der Waals surface area (Å²) in [4.78, 5) is 10.3. The highest BCUT2D eigenvalue weighted by atomic mass is 127. The largest absolute Gasteiger partial charge is 0.378 e. The third-order valence-corrected chi connectivity index (χ3v) is 4.33. The van der Waals surface area contributed by atoms with E-state index in [9.17, 15) is 10.1 Å². The number of anilines is 1. The molecule has 4 nitrogen and oxygen atoms in total. The molecule has 0 aliphatic heterocycles. The lowest BCUT2D eigenvalue weighted by molar-refractivity contribution is -0.384. The number of nitrogens with one attached hydrogen (secondary N) is 1. The van der Waals surface area contributed by atoms with E-state index in [1.807, 2.05) is 24.3 Å². The van der Waals surface area contributed by atoms with Crippen LogP contribution in [0.3, 0.4) is 0 Å². The van der Waals surface area contributed by atoms with Crippen LogP contribution in [0, 0.1) is 13.7 Å². The predicted octanol–water partition coefficient (Wildman–Crippen LogP) is 5.14. The number of non-ortho nitro benzene ring substituents is 1. The lowest BCUT2D eigenvalue weighted by Crippen LogP contribution is -2.07. The van der Waals surface area contributed by atoms with Crippen molar-refractivity contribution in [2.24, 2.45) is 0 Å². The van der Waals surface area contributed by atoms with Crippen LogP contribution >= 0.6 is 38.5 Å². The molecule has 0 saturated heterocycles. The van der Waals surface area contributed by atoms with Crippen LogP contribution in [0.4, 0.5) is 11.4 Å². The Bertz CT molecular complexity index is 632. The second-order valence-electron chi connectivity index (χ2n) is 4.34. The van der Waals surface area contributed by atoms with E-state index in [0.717, 1.165) is 19.3 Å². The van der Waals surface area contributed by atoms with Crippen molar-refractivity contribution in [2.45, 2.75) is 13.0 Å². The zero-order chi connectivity index (χ0) is 14.7. The normalized spacial score (nSPS) is 11.9. The number of halogens is 2. The van der Waals surface area contributed by atoms with Crippen molar-refractivity contribution in [1.82, 2.24) is 0 Å². The topological polar surface area (TPSA) is 55.2 Å². The second-order valence-corrected chi connectivity index (χ2v) is 6.42. The first-order chi connectivity index (χ1) is 9.47. The van der Waals surface area contributed by atoms with Crippen molar-refractivity contribution in [1.29, 1.82) is 0 Å². The minimum Gasteiger partial charge on any atom is -0.378 e. The molecule has 0 amide bonds. The molecule has 6 heteroatoms. The molecule has 0 aliphatic carbocycles. The Kier molecular flexibility index (Phi) is 4.98. The van der Waals surface area contributed by atoms with Gasteiger partial charge in [-0.1, -0.05) is 28.1 Å². The molecular weight excluding hydrogens is 435 g/mol.